The van der Waals surface area contributed by atoms with E-state index in [2.05, 4.69) is 16.7 Å². The Morgan fingerprint density at radius 1 is 1.12 bits per heavy atom. The molecule has 0 radical (unpaired) electrons. The highest BCUT2D eigenvalue weighted by atomic mass is 16.2. The van der Waals surface area contributed by atoms with E-state index in [0.717, 1.165) is 5.56 Å². The minimum absolute atomic E-state index is 0.201. The topological polar surface area (TPSA) is 85.2 Å². The molecule has 0 bridgehead atoms. The lowest BCUT2D eigenvalue weighted by atomic mass is 10.1. The molecule has 1 atom stereocenters. The van der Waals surface area contributed by atoms with Gasteiger partial charge in [-0.2, -0.15) is 5.26 Å². The normalized spacial score (nSPS) is 11.1. The van der Waals surface area contributed by atoms with Gasteiger partial charge >= 0.3 is 6.03 Å². The van der Waals surface area contributed by atoms with Gasteiger partial charge in [0.2, 0.25) is 5.91 Å². The first-order valence-corrected chi connectivity index (χ1v) is 7.86. The summed E-state index contributed by atoms with van der Waals surface area (Å²) in [6.07, 6.45) is 0. The number of nitrogens with zero attached hydrogens (tertiary/aromatic N) is 2. The molecule has 3 amide bonds. The highest BCUT2D eigenvalue weighted by molar-refractivity contribution is 5.93. The van der Waals surface area contributed by atoms with E-state index in [1.54, 1.807) is 38.2 Å². The minimum atomic E-state index is -0.660. The molecule has 2 N–H and O–H groups in total. The summed E-state index contributed by atoms with van der Waals surface area (Å²) in [4.78, 5) is 25.9. The summed E-state index contributed by atoms with van der Waals surface area (Å²) < 4.78 is 0. The van der Waals surface area contributed by atoms with Crippen LogP contribution in [0.1, 0.15) is 18.1 Å². The van der Waals surface area contributed by atoms with Gasteiger partial charge in [-0.1, -0.05) is 30.3 Å². The van der Waals surface area contributed by atoms with E-state index in [9.17, 15) is 9.59 Å². The van der Waals surface area contributed by atoms with Crippen LogP contribution in [0.3, 0.4) is 0 Å². The largest absolute Gasteiger partial charge is 0.340 e. The second-order valence-electron chi connectivity index (χ2n) is 5.69. The van der Waals surface area contributed by atoms with Gasteiger partial charge in [0.25, 0.3) is 0 Å². The quantitative estimate of drug-likeness (QED) is 0.880. The molecular formula is C19H20N4O2. The van der Waals surface area contributed by atoms with Crippen molar-refractivity contribution in [3.05, 3.63) is 65.7 Å². The van der Waals surface area contributed by atoms with E-state index >= 15 is 0 Å². The van der Waals surface area contributed by atoms with Gasteiger partial charge in [-0.3, -0.25) is 4.79 Å². The van der Waals surface area contributed by atoms with Crippen molar-refractivity contribution in [2.75, 3.05) is 12.4 Å². The zero-order chi connectivity index (χ0) is 18.2. The van der Waals surface area contributed by atoms with E-state index in [4.69, 9.17) is 5.26 Å². The number of amides is 3. The molecule has 2 aromatic rings. The van der Waals surface area contributed by atoms with Crippen molar-refractivity contribution in [1.29, 1.82) is 5.26 Å². The van der Waals surface area contributed by atoms with Crippen LogP contribution >= 0.6 is 0 Å². The predicted octanol–water partition coefficient (Wildman–Crippen LogP) is 2.73. The summed E-state index contributed by atoms with van der Waals surface area (Å²) >= 11 is 0. The van der Waals surface area contributed by atoms with Crippen LogP contribution in [0.15, 0.2) is 54.6 Å². The van der Waals surface area contributed by atoms with Gasteiger partial charge in [0.15, 0.2) is 0 Å². The molecule has 1 unspecified atom stereocenters. The Morgan fingerprint density at radius 3 is 2.36 bits per heavy atom. The van der Waals surface area contributed by atoms with E-state index in [0.29, 0.717) is 17.8 Å². The fourth-order valence-electron chi connectivity index (χ4n) is 2.31. The fourth-order valence-corrected chi connectivity index (χ4v) is 2.31. The highest BCUT2D eigenvalue weighted by Gasteiger charge is 2.19. The molecule has 0 aromatic heterocycles. The van der Waals surface area contributed by atoms with Crippen molar-refractivity contribution >= 4 is 17.6 Å². The number of likely N-dealkylation sites (N-methyl/N-ethyl adjacent to an activating group) is 1. The highest BCUT2D eigenvalue weighted by Crippen LogP contribution is 2.08. The van der Waals surface area contributed by atoms with Crippen LogP contribution in [0.2, 0.25) is 0 Å². The molecule has 0 saturated heterocycles. The Kier molecular flexibility index (Phi) is 6.13. The summed E-state index contributed by atoms with van der Waals surface area (Å²) in [6.45, 7) is 2.04. The van der Waals surface area contributed by atoms with Crippen molar-refractivity contribution < 1.29 is 9.59 Å². The molecule has 0 aliphatic heterocycles. The Balaban J connectivity index is 1.87. The van der Waals surface area contributed by atoms with Crippen molar-refractivity contribution in [3.63, 3.8) is 0 Å². The first kappa shape index (κ1) is 18.0. The maximum Gasteiger partial charge on any atom is 0.319 e. The molecule has 0 saturated carbocycles. The van der Waals surface area contributed by atoms with Gasteiger partial charge < -0.3 is 15.5 Å². The Bertz CT molecular complexity index is 766. The molecule has 0 heterocycles. The number of rotatable bonds is 5. The SMILES string of the molecule is CC(NC(=O)Nc1ccccc1)C(=O)N(C)Cc1ccc(C#N)cc1. The number of hydrogen-bond acceptors (Lipinski definition) is 3. The Morgan fingerprint density at radius 2 is 1.76 bits per heavy atom. The average Bonchev–Trinajstić information content (AvgIpc) is 2.62. The van der Waals surface area contributed by atoms with Gasteiger partial charge in [0.05, 0.1) is 11.6 Å². The number of carbonyl (C=O) groups excluding carboxylic acids is 2. The number of para-hydroxylation sites is 1. The van der Waals surface area contributed by atoms with Crippen LogP contribution in [0, 0.1) is 11.3 Å². The molecule has 2 rings (SSSR count). The van der Waals surface area contributed by atoms with Gasteiger partial charge in [0, 0.05) is 19.3 Å². The second kappa shape index (κ2) is 8.50. The van der Waals surface area contributed by atoms with Gasteiger partial charge in [-0.15, -0.1) is 0 Å². The Labute approximate surface area is 147 Å². The molecule has 0 aliphatic rings. The van der Waals surface area contributed by atoms with E-state index in [1.807, 2.05) is 30.3 Å². The van der Waals surface area contributed by atoms with Crippen molar-refractivity contribution in [1.82, 2.24) is 10.2 Å². The summed E-state index contributed by atoms with van der Waals surface area (Å²) in [5.74, 6) is -0.201. The molecule has 6 nitrogen and oxygen atoms in total. The van der Waals surface area contributed by atoms with Crippen molar-refractivity contribution in [2.24, 2.45) is 0 Å². The van der Waals surface area contributed by atoms with Gasteiger partial charge in [-0.05, 0) is 36.8 Å². The summed E-state index contributed by atoms with van der Waals surface area (Å²) in [5.41, 5.74) is 2.15. The first-order valence-electron chi connectivity index (χ1n) is 7.86. The van der Waals surface area contributed by atoms with Crippen LogP contribution in [0.4, 0.5) is 10.5 Å². The van der Waals surface area contributed by atoms with E-state index in [-0.39, 0.29) is 5.91 Å². The molecule has 0 fully saturated rings. The molecule has 6 heteroatoms. The zero-order valence-electron chi connectivity index (χ0n) is 14.2. The number of anilines is 1. The number of urea groups is 1. The molecule has 0 spiro atoms. The van der Waals surface area contributed by atoms with Gasteiger partial charge in [0.1, 0.15) is 6.04 Å². The third-order valence-electron chi connectivity index (χ3n) is 3.63. The number of carbonyl (C=O) groups is 2. The zero-order valence-corrected chi connectivity index (χ0v) is 14.2. The van der Waals surface area contributed by atoms with E-state index < -0.39 is 12.1 Å². The molecule has 2 aromatic carbocycles. The lowest BCUT2D eigenvalue weighted by Gasteiger charge is -2.22. The summed E-state index contributed by atoms with van der Waals surface area (Å²) in [7, 11) is 1.67. The molecule has 25 heavy (non-hydrogen) atoms. The summed E-state index contributed by atoms with van der Waals surface area (Å²) in [6, 6.07) is 17.0. The number of nitriles is 1. The third kappa shape index (κ3) is 5.36. The van der Waals surface area contributed by atoms with Crippen LogP contribution in [-0.2, 0) is 11.3 Å². The second-order valence-corrected chi connectivity index (χ2v) is 5.69. The van der Waals surface area contributed by atoms with Crippen LogP contribution in [-0.4, -0.2) is 29.9 Å². The smallest absolute Gasteiger partial charge is 0.319 e. The standard InChI is InChI=1S/C19H20N4O2/c1-14(21-19(25)22-17-6-4-3-5-7-17)18(24)23(2)13-16-10-8-15(12-20)9-11-16/h3-11,14H,13H2,1-2H3,(H2,21,22,25). The van der Waals surface area contributed by atoms with Crippen molar-refractivity contribution in [3.8, 4) is 6.07 Å². The summed E-state index contributed by atoms with van der Waals surface area (Å²) in [5, 5.41) is 14.1. The minimum Gasteiger partial charge on any atom is -0.340 e. The lowest BCUT2D eigenvalue weighted by Crippen LogP contribution is -2.46. The maximum atomic E-state index is 12.4. The van der Waals surface area contributed by atoms with Crippen molar-refractivity contribution in [2.45, 2.75) is 19.5 Å². The molecule has 0 aliphatic carbocycles. The number of benzene rings is 2. The average molecular weight is 336 g/mol. The lowest BCUT2D eigenvalue weighted by molar-refractivity contribution is -0.131. The van der Waals surface area contributed by atoms with Gasteiger partial charge in [-0.25, -0.2) is 4.79 Å². The monoisotopic (exact) mass is 336 g/mol. The fraction of sp³-hybridized carbons (Fsp3) is 0.211. The third-order valence-corrected chi connectivity index (χ3v) is 3.63. The van der Waals surface area contributed by atoms with Crippen LogP contribution < -0.4 is 10.6 Å². The molecular weight excluding hydrogens is 316 g/mol. The number of nitrogens with one attached hydrogen (secondary N) is 2. The van der Waals surface area contributed by atoms with E-state index in [1.165, 1.54) is 4.90 Å². The Hall–Kier alpha value is -3.33. The number of hydrogen-bond donors (Lipinski definition) is 2. The van der Waals surface area contributed by atoms with Crippen LogP contribution in [0.25, 0.3) is 0 Å². The predicted molar refractivity (Wildman–Crippen MR) is 95.7 cm³/mol. The first-order chi connectivity index (χ1) is 12.0. The maximum absolute atomic E-state index is 12.4. The molecule has 128 valence electrons. The van der Waals surface area contributed by atoms with Crippen LogP contribution in [0.5, 0.6) is 0 Å².